The van der Waals surface area contributed by atoms with E-state index >= 15 is 0 Å². The first-order valence-corrected chi connectivity index (χ1v) is 12.7. The van der Waals surface area contributed by atoms with E-state index in [4.69, 9.17) is 42.1 Å². The summed E-state index contributed by atoms with van der Waals surface area (Å²) in [6.07, 6.45) is 0.795. The summed E-state index contributed by atoms with van der Waals surface area (Å²) in [5.74, 6) is 0.949. The predicted octanol–water partition coefficient (Wildman–Crippen LogP) is 3.64. The topological polar surface area (TPSA) is 18.5 Å². The van der Waals surface area contributed by atoms with E-state index in [0.717, 1.165) is 17.7 Å². The van der Waals surface area contributed by atoms with Gasteiger partial charge in [0.25, 0.3) is 0 Å². The fraction of sp³-hybridized carbons (Fsp3) is 0.400. The summed E-state index contributed by atoms with van der Waals surface area (Å²) in [4.78, 5) is 0. The molecule has 0 bridgehead atoms. The van der Waals surface area contributed by atoms with Crippen molar-refractivity contribution in [3.05, 3.63) is 29.3 Å². The SMILES string of the molecule is C[SiH]1OCc2cc(CC[Si](Cl)(Cl)Cl)ccc2O1. The van der Waals surface area contributed by atoms with Gasteiger partial charge in [-0.25, -0.2) is 0 Å². The number of rotatable bonds is 3. The van der Waals surface area contributed by atoms with Gasteiger partial charge in [-0.1, -0.05) is 6.07 Å². The highest BCUT2D eigenvalue weighted by Crippen LogP contribution is 2.30. The molecule has 0 N–H and O–H groups in total. The van der Waals surface area contributed by atoms with Crippen LogP contribution in [0.25, 0.3) is 0 Å². The van der Waals surface area contributed by atoms with E-state index in [1.165, 1.54) is 5.56 Å². The first-order valence-electron chi connectivity index (χ1n) is 5.41. The zero-order valence-corrected chi connectivity index (χ0v) is 13.8. The lowest BCUT2D eigenvalue weighted by Crippen LogP contribution is -2.26. The number of hydrogen-bond donors (Lipinski definition) is 0. The fourth-order valence-corrected chi connectivity index (χ4v) is 4.21. The third-order valence-corrected chi connectivity index (χ3v) is 6.33. The summed E-state index contributed by atoms with van der Waals surface area (Å²) in [6, 6.07) is 4.23. The average molecular weight is 328 g/mol. The van der Waals surface area contributed by atoms with Crippen LogP contribution in [0, 0.1) is 0 Å². The molecule has 2 rings (SSSR count). The molecule has 1 aliphatic heterocycles. The summed E-state index contributed by atoms with van der Waals surface area (Å²) in [7, 11) is -1.45. The Labute approximate surface area is 118 Å². The number of halogens is 3. The van der Waals surface area contributed by atoms with Gasteiger partial charge in [-0.3, -0.25) is 0 Å². The third kappa shape index (κ3) is 4.15. The first-order chi connectivity index (χ1) is 7.94. The second kappa shape index (κ2) is 5.51. The maximum absolute atomic E-state index is 5.87. The molecule has 1 aliphatic rings. The molecule has 0 spiro atoms. The van der Waals surface area contributed by atoms with Gasteiger partial charge >= 0.3 is 15.3 Å². The number of benzene rings is 1. The van der Waals surface area contributed by atoms with Crippen LogP contribution in [0.2, 0.25) is 12.6 Å². The summed E-state index contributed by atoms with van der Waals surface area (Å²) >= 11 is 17.6. The van der Waals surface area contributed by atoms with Crippen molar-refractivity contribution in [3.63, 3.8) is 0 Å². The van der Waals surface area contributed by atoms with Crippen molar-refractivity contribution in [1.82, 2.24) is 0 Å². The van der Waals surface area contributed by atoms with Crippen LogP contribution < -0.4 is 4.43 Å². The fourth-order valence-electron chi connectivity index (χ4n) is 1.72. The van der Waals surface area contributed by atoms with Gasteiger partial charge in [0, 0.05) is 5.56 Å². The standard InChI is InChI=1S/C10H13Cl3O2Si2/c1-16-14-7-9-6-8(2-3-10(9)15-16)4-5-17(11,12)13/h2-3,6,16H,4-5,7H2,1H3. The Morgan fingerprint density at radius 1 is 1.35 bits per heavy atom. The van der Waals surface area contributed by atoms with Gasteiger partial charge in [0.05, 0.1) is 6.61 Å². The van der Waals surface area contributed by atoms with Crippen molar-refractivity contribution in [1.29, 1.82) is 0 Å². The Kier molecular flexibility index (Phi) is 4.44. The molecular formula is C10H13Cl3O2Si2. The van der Waals surface area contributed by atoms with E-state index in [1.807, 2.05) is 18.7 Å². The molecule has 0 aromatic heterocycles. The molecule has 0 amide bonds. The zero-order valence-electron chi connectivity index (χ0n) is 9.38. The maximum Gasteiger partial charge on any atom is 0.379 e. The van der Waals surface area contributed by atoms with Crippen LogP contribution in [0.1, 0.15) is 11.1 Å². The normalized spacial score (nSPS) is 19.6. The van der Waals surface area contributed by atoms with Crippen molar-refractivity contribution in [3.8, 4) is 5.75 Å². The lowest BCUT2D eigenvalue weighted by molar-refractivity contribution is 0.233. The highest BCUT2D eigenvalue weighted by Gasteiger charge is 2.25. The largest absolute Gasteiger partial charge is 0.522 e. The molecule has 7 heteroatoms. The molecule has 2 nitrogen and oxygen atoms in total. The van der Waals surface area contributed by atoms with Crippen LogP contribution >= 0.6 is 33.2 Å². The van der Waals surface area contributed by atoms with Gasteiger partial charge in [-0.15, -0.1) is 33.2 Å². The van der Waals surface area contributed by atoms with Crippen LogP contribution in [0.4, 0.5) is 0 Å². The molecule has 0 saturated carbocycles. The lowest BCUT2D eigenvalue weighted by atomic mass is 10.1. The molecule has 0 aliphatic carbocycles. The van der Waals surface area contributed by atoms with Gasteiger partial charge in [0.2, 0.25) is 0 Å². The predicted molar refractivity (Wildman–Crippen MR) is 76.7 cm³/mol. The molecule has 1 heterocycles. The minimum Gasteiger partial charge on any atom is -0.522 e. The molecule has 0 fully saturated rings. The van der Waals surface area contributed by atoms with E-state index in [-0.39, 0.29) is 0 Å². The summed E-state index contributed by atoms with van der Waals surface area (Å²) in [5, 5.41) is 0. The Hall–Kier alpha value is 0.284. The van der Waals surface area contributed by atoms with Gasteiger partial charge in [-0.2, -0.15) is 0 Å². The minimum atomic E-state index is -2.53. The molecule has 94 valence electrons. The average Bonchev–Trinajstić information content (AvgIpc) is 2.25. The molecule has 17 heavy (non-hydrogen) atoms. The quantitative estimate of drug-likeness (QED) is 0.623. The highest BCUT2D eigenvalue weighted by atomic mass is 35.8. The molecular weight excluding hydrogens is 315 g/mol. The second-order valence-corrected chi connectivity index (χ2v) is 15.0. The Morgan fingerprint density at radius 3 is 2.82 bits per heavy atom. The molecule has 1 atom stereocenters. The van der Waals surface area contributed by atoms with Crippen molar-refractivity contribution in [2.45, 2.75) is 25.6 Å². The van der Waals surface area contributed by atoms with Gasteiger partial charge < -0.3 is 8.85 Å². The van der Waals surface area contributed by atoms with Crippen molar-refractivity contribution in [2.24, 2.45) is 0 Å². The third-order valence-electron chi connectivity index (χ3n) is 2.59. The molecule has 1 aromatic rings. The van der Waals surface area contributed by atoms with E-state index in [2.05, 4.69) is 6.07 Å². The van der Waals surface area contributed by atoms with Gasteiger partial charge in [-0.05, 0) is 36.7 Å². The Balaban J connectivity index is 2.06. The van der Waals surface area contributed by atoms with Crippen LogP contribution in [0.3, 0.4) is 0 Å². The first kappa shape index (κ1) is 13.7. The monoisotopic (exact) mass is 326 g/mol. The van der Waals surface area contributed by atoms with Crippen LogP contribution in [0.5, 0.6) is 5.75 Å². The molecule has 1 unspecified atom stereocenters. The van der Waals surface area contributed by atoms with Crippen molar-refractivity contribution in [2.75, 3.05) is 0 Å². The van der Waals surface area contributed by atoms with Gasteiger partial charge in [0.15, 0.2) is 0 Å². The second-order valence-electron chi connectivity index (χ2n) is 4.05. The van der Waals surface area contributed by atoms with E-state index in [9.17, 15) is 0 Å². The van der Waals surface area contributed by atoms with Crippen LogP contribution in [-0.2, 0) is 17.5 Å². The lowest BCUT2D eigenvalue weighted by Gasteiger charge is -2.23. The summed E-state index contributed by atoms with van der Waals surface area (Å²) in [5.41, 5.74) is 2.27. The minimum absolute atomic E-state index is 0.641. The summed E-state index contributed by atoms with van der Waals surface area (Å²) in [6.45, 7) is 2.66. The molecule has 0 saturated heterocycles. The van der Waals surface area contributed by atoms with Crippen molar-refractivity contribution >= 4 is 48.5 Å². The molecule has 1 aromatic carbocycles. The Bertz CT molecular complexity index is 409. The van der Waals surface area contributed by atoms with Crippen LogP contribution in [0.15, 0.2) is 18.2 Å². The number of fused-ring (bicyclic) bond motifs is 1. The van der Waals surface area contributed by atoms with Gasteiger partial charge in [0.1, 0.15) is 5.75 Å². The summed E-state index contributed by atoms with van der Waals surface area (Å²) < 4.78 is 11.2. The number of aryl methyl sites for hydroxylation is 1. The zero-order chi connectivity index (χ0) is 12.5. The highest BCUT2D eigenvalue weighted by molar-refractivity contribution is 7.64. The smallest absolute Gasteiger partial charge is 0.379 e. The number of hydrogen-bond acceptors (Lipinski definition) is 2. The molecule has 0 radical (unpaired) electrons. The van der Waals surface area contributed by atoms with E-state index in [1.54, 1.807) is 0 Å². The van der Waals surface area contributed by atoms with Crippen LogP contribution in [-0.4, -0.2) is 15.3 Å². The van der Waals surface area contributed by atoms with E-state index in [0.29, 0.717) is 12.7 Å². The Morgan fingerprint density at radius 2 is 2.12 bits per heavy atom. The van der Waals surface area contributed by atoms with Crippen molar-refractivity contribution < 1.29 is 8.85 Å². The van der Waals surface area contributed by atoms with E-state index < -0.39 is 15.3 Å². The maximum atomic E-state index is 5.87.